The van der Waals surface area contributed by atoms with Gasteiger partial charge in [-0.1, -0.05) is 0 Å². The van der Waals surface area contributed by atoms with E-state index in [-0.39, 0.29) is 10.6 Å². The molecule has 110 valence electrons. The highest BCUT2D eigenvalue weighted by Gasteiger charge is 2.52. The minimum atomic E-state index is -3.92. The van der Waals surface area contributed by atoms with Gasteiger partial charge in [0.05, 0.1) is 28.7 Å². The molecule has 1 fully saturated rings. The van der Waals surface area contributed by atoms with E-state index in [0.717, 1.165) is 0 Å². The van der Waals surface area contributed by atoms with Gasteiger partial charge >= 0.3 is 7.12 Å². The van der Waals surface area contributed by atoms with Crippen molar-refractivity contribution in [3.05, 3.63) is 12.3 Å². The topological polar surface area (TPSA) is 118 Å². The average Bonchev–Trinajstić information content (AvgIpc) is 2.47. The molecule has 1 aliphatic rings. The number of rotatable bonds is 2. The van der Waals surface area contributed by atoms with Crippen molar-refractivity contribution in [2.75, 3.05) is 5.73 Å². The van der Waals surface area contributed by atoms with Crippen LogP contribution in [-0.2, 0) is 19.3 Å². The third-order valence-electron chi connectivity index (χ3n) is 3.72. The summed E-state index contributed by atoms with van der Waals surface area (Å²) < 4.78 is 34.5. The number of nitrogens with two attached hydrogens (primary N) is 2. The molecule has 1 aliphatic heterocycles. The first-order valence-electron chi connectivity index (χ1n) is 6.08. The smallest absolute Gasteiger partial charge is 0.398 e. The second kappa shape index (κ2) is 4.42. The van der Waals surface area contributed by atoms with E-state index in [2.05, 4.69) is 4.98 Å². The van der Waals surface area contributed by atoms with Crippen LogP contribution in [0.25, 0.3) is 0 Å². The molecular formula is C11H18BN3O4S. The molecular weight excluding hydrogens is 281 g/mol. The van der Waals surface area contributed by atoms with Crippen LogP contribution in [0.5, 0.6) is 0 Å². The van der Waals surface area contributed by atoms with Crippen LogP contribution in [0.2, 0.25) is 0 Å². The first kappa shape index (κ1) is 15.2. The number of pyridine rings is 1. The lowest BCUT2D eigenvalue weighted by molar-refractivity contribution is 0.00578. The van der Waals surface area contributed by atoms with Crippen LogP contribution in [0.3, 0.4) is 0 Å². The normalized spacial score (nSPS) is 21.1. The molecule has 0 unspecified atom stereocenters. The van der Waals surface area contributed by atoms with Crippen LogP contribution < -0.4 is 16.5 Å². The maximum atomic E-state index is 11.5. The lowest BCUT2D eigenvalue weighted by Gasteiger charge is -2.32. The summed E-state index contributed by atoms with van der Waals surface area (Å²) in [5.74, 6) is 0. The average molecular weight is 299 g/mol. The van der Waals surface area contributed by atoms with E-state index in [9.17, 15) is 8.42 Å². The Hall–Kier alpha value is -1.16. The Labute approximate surface area is 118 Å². The summed E-state index contributed by atoms with van der Waals surface area (Å²) in [7, 11) is -4.68. The number of sulfonamides is 1. The largest absolute Gasteiger partial charge is 0.514 e. The second-order valence-electron chi connectivity index (χ2n) is 5.78. The van der Waals surface area contributed by atoms with Crippen molar-refractivity contribution >= 4 is 28.4 Å². The number of nitrogens with zero attached hydrogens (tertiary/aromatic N) is 1. The monoisotopic (exact) mass is 299 g/mol. The SMILES string of the molecule is CC1(C)OB(c2cc(S(N)(=O)=O)c(N)cn2)OC1(C)C. The molecule has 2 rings (SSSR count). The molecule has 0 spiro atoms. The maximum absolute atomic E-state index is 11.5. The fourth-order valence-electron chi connectivity index (χ4n) is 1.80. The van der Waals surface area contributed by atoms with E-state index >= 15 is 0 Å². The first-order chi connectivity index (χ1) is 8.94. The number of nitrogen functional groups attached to an aromatic ring is 1. The summed E-state index contributed by atoms with van der Waals surface area (Å²) in [6.07, 6.45) is 1.24. The van der Waals surface area contributed by atoms with Gasteiger partial charge in [0, 0.05) is 0 Å². The Morgan fingerprint density at radius 3 is 2.15 bits per heavy atom. The number of aromatic nitrogens is 1. The van der Waals surface area contributed by atoms with Crippen molar-refractivity contribution in [3.8, 4) is 0 Å². The second-order valence-corrected chi connectivity index (χ2v) is 7.31. The zero-order valence-corrected chi connectivity index (χ0v) is 12.7. The van der Waals surface area contributed by atoms with Crippen LogP contribution in [0, 0.1) is 0 Å². The van der Waals surface area contributed by atoms with Crippen molar-refractivity contribution in [2.24, 2.45) is 5.14 Å². The van der Waals surface area contributed by atoms with E-state index in [1.807, 2.05) is 27.7 Å². The highest BCUT2D eigenvalue weighted by atomic mass is 32.2. The standard InChI is InChI=1S/C11H18BN3O4S/c1-10(2)11(3,4)19-12(18-10)9-5-8(20(14,16)17)7(13)6-15-9/h5-6H,13H2,1-4H3,(H2,14,16,17). The van der Waals surface area contributed by atoms with Crippen LogP contribution in [0.4, 0.5) is 5.69 Å². The van der Waals surface area contributed by atoms with E-state index in [1.165, 1.54) is 12.3 Å². The maximum Gasteiger partial charge on any atom is 0.514 e. The molecule has 0 bridgehead atoms. The minimum Gasteiger partial charge on any atom is -0.398 e. The fourth-order valence-corrected chi connectivity index (χ4v) is 2.47. The number of anilines is 1. The van der Waals surface area contributed by atoms with Crippen molar-refractivity contribution in [2.45, 2.75) is 43.8 Å². The highest BCUT2D eigenvalue weighted by molar-refractivity contribution is 7.89. The van der Waals surface area contributed by atoms with Crippen molar-refractivity contribution in [3.63, 3.8) is 0 Å². The Morgan fingerprint density at radius 1 is 1.20 bits per heavy atom. The molecule has 1 aromatic heterocycles. The summed E-state index contributed by atoms with van der Waals surface area (Å²) in [6, 6.07) is 1.28. The van der Waals surface area contributed by atoms with Gasteiger partial charge < -0.3 is 15.0 Å². The zero-order chi connectivity index (χ0) is 15.3. The van der Waals surface area contributed by atoms with Gasteiger partial charge in [0.2, 0.25) is 10.0 Å². The Bertz CT molecular complexity index is 629. The zero-order valence-electron chi connectivity index (χ0n) is 11.9. The Balaban J connectivity index is 2.42. The van der Waals surface area contributed by atoms with Crippen LogP contribution >= 0.6 is 0 Å². The van der Waals surface area contributed by atoms with Crippen molar-refractivity contribution in [1.82, 2.24) is 4.98 Å². The molecule has 0 atom stereocenters. The number of primary sulfonamides is 1. The van der Waals surface area contributed by atoms with Crippen molar-refractivity contribution < 1.29 is 17.7 Å². The van der Waals surface area contributed by atoms with Gasteiger partial charge in [-0.2, -0.15) is 0 Å². The van der Waals surface area contributed by atoms with Gasteiger partial charge in [-0.3, -0.25) is 4.98 Å². The van der Waals surface area contributed by atoms with E-state index in [1.54, 1.807) is 0 Å². The van der Waals surface area contributed by atoms with Crippen LogP contribution in [0.1, 0.15) is 27.7 Å². The van der Waals surface area contributed by atoms with Gasteiger partial charge in [0.15, 0.2) is 0 Å². The molecule has 9 heteroatoms. The number of hydrogen-bond acceptors (Lipinski definition) is 6. The highest BCUT2D eigenvalue weighted by Crippen LogP contribution is 2.36. The Morgan fingerprint density at radius 2 is 1.70 bits per heavy atom. The third-order valence-corrected chi connectivity index (χ3v) is 4.68. The van der Waals surface area contributed by atoms with Gasteiger partial charge in [-0.25, -0.2) is 13.6 Å². The minimum absolute atomic E-state index is 0.00670. The summed E-state index contributed by atoms with van der Waals surface area (Å²) in [4.78, 5) is 3.89. The first-order valence-corrected chi connectivity index (χ1v) is 7.62. The summed E-state index contributed by atoms with van der Waals surface area (Å²) >= 11 is 0. The van der Waals surface area contributed by atoms with E-state index < -0.39 is 28.3 Å². The van der Waals surface area contributed by atoms with E-state index in [4.69, 9.17) is 20.2 Å². The van der Waals surface area contributed by atoms with Gasteiger partial charge in [0.25, 0.3) is 0 Å². The summed E-state index contributed by atoms with van der Waals surface area (Å²) in [5.41, 5.74) is 4.81. The third kappa shape index (κ3) is 2.53. The molecule has 20 heavy (non-hydrogen) atoms. The molecule has 7 nitrogen and oxygen atoms in total. The predicted octanol–water partition coefficient (Wildman–Crippen LogP) is -0.390. The molecule has 0 aliphatic carbocycles. The molecule has 0 amide bonds. The van der Waals surface area contributed by atoms with Crippen LogP contribution in [-0.4, -0.2) is 31.7 Å². The number of hydrogen-bond donors (Lipinski definition) is 2. The molecule has 0 aromatic carbocycles. The Kier molecular flexibility index (Phi) is 3.37. The molecule has 2 heterocycles. The molecule has 4 N–H and O–H groups in total. The fraction of sp³-hybridized carbons (Fsp3) is 0.545. The molecule has 1 saturated heterocycles. The quantitative estimate of drug-likeness (QED) is 0.718. The van der Waals surface area contributed by atoms with Crippen molar-refractivity contribution in [1.29, 1.82) is 0 Å². The molecule has 0 saturated carbocycles. The van der Waals surface area contributed by atoms with Gasteiger partial charge in [-0.15, -0.1) is 0 Å². The molecule has 1 aromatic rings. The lowest BCUT2D eigenvalue weighted by atomic mass is 9.84. The molecule has 0 radical (unpaired) electrons. The van der Waals surface area contributed by atoms with Crippen LogP contribution in [0.15, 0.2) is 17.2 Å². The summed E-state index contributed by atoms with van der Waals surface area (Å²) in [6.45, 7) is 7.57. The summed E-state index contributed by atoms with van der Waals surface area (Å²) in [5, 5.41) is 5.11. The lowest BCUT2D eigenvalue weighted by Crippen LogP contribution is -2.41. The van der Waals surface area contributed by atoms with Gasteiger partial charge in [0.1, 0.15) is 4.90 Å². The predicted molar refractivity (Wildman–Crippen MR) is 75.7 cm³/mol. The van der Waals surface area contributed by atoms with Gasteiger partial charge in [-0.05, 0) is 33.8 Å². The van der Waals surface area contributed by atoms with E-state index in [0.29, 0.717) is 5.59 Å².